The Balaban J connectivity index is 0.00000361. The normalized spacial score (nSPS) is 14.6. The van der Waals surface area contributed by atoms with E-state index in [4.69, 9.17) is 0 Å². The second kappa shape index (κ2) is 12.3. The summed E-state index contributed by atoms with van der Waals surface area (Å²) in [6.45, 7) is 3.29. The van der Waals surface area contributed by atoms with Gasteiger partial charge in [0, 0.05) is 25.3 Å². The third kappa shape index (κ3) is 7.47. The number of nitrogens with one attached hydrogen (secondary N) is 3. The largest absolute Gasteiger partial charge is 0.370 e. The molecule has 1 aliphatic rings. The van der Waals surface area contributed by atoms with Crippen LogP contribution in [0.3, 0.4) is 0 Å². The minimum absolute atomic E-state index is 0. The van der Waals surface area contributed by atoms with Crippen LogP contribution in [0.2, 0.25) is 0 Å². The number of anilines is 3. The maximum Gasteiger partial charge on any atom is 0.261 e. The Morgan fingerprint density at radius 2 is 1.47 bits per heavy atom. The molecular weight excluding hydrogens is 520 g/mol. The zero-order valence-corrected chi connectivity index (χ0v) is 22.0. The van der Waals surface area contributed by atoms with Gasteiger partial charge in [0.25, 0.3) is 20.0 Å². The molecule has 8 nitrogen and oxygen atoms in total. The number of nitrogens with zero attached hydrogens (tertiary/aromatic N) is 1. The van der Waals surface area contributed by atoms with Gasteiger partial charge in [-0.3, -0.25) is 9.44 Å². The summed E-state index contributed by atoms with van der Waals surface area (Å²) in [6, 6.07) is 22.1. The van der Waals surface area contributed by atoms with E-state index in [9.17, 15) is 16.8 Å². The summed E-state index contributed by atoms with van der Waals surface area (Å²) in [5.74, 6) is 0. The van der Waals surface area contributed by atoms with Crippen LogP contribution < -0.4 is 19.7 Å². The van der Waals surface area contributed by atoms with Crippen molar-refractivity contribution in [1.82, 2.24) is 5.32 Å². The van der Waals surface area contributed by atoms with E-state index in [-0.39, 0.29) is 28.7 Å². The summed E-state index contributed by atoms with van der Waals surface area (Å²) in [5, 5.41) is 4.40. The van der Waals surface area contributed by atoms with E-state index in [1.165, 1.54) is 18.2 Å². The van der Waals surface area contributed by atoms with Crippen molar-refractivity contribution in [2.45, 2.75) is 11.3 Å². The van der Waals surface area contributed by atoms with Crippen molar-refractivity contribution in [3.8, 4) is 0 Å². The third-order valence-corrected chi connectivity index (χ3v) is 7.88. The molecule has 0 radical (unpaired) electrons. The average molecular weight is 549 g/mol. The molecule has 0 bridgehead atoms. The van der Waals surface area contributed by atoms with Crippen molar-refractivity contribution in [1.29, 1.82) is 0 Å². The molecule has 1 heterocycles. The predicted molar refractivity (Wildman–Crippen MR) is 149 cm³/mol. The highest BCUT2D eigenvalue weighted by atomic mass is 35.5. The molecule has 0 atom stereocenters. The fourth-order valence-electron chi connectivity index (χ4n) is 3.73. The first-order valence-corrected chi connectivity index (χ1v) is 14.3. The van der Waals surface area contributed by atoms with E-state index in [0.29, 0.717) is 0 Å². The SMILES string of the molecule is Cl.O=S(=O)(/C=C/c1ccccc1)Nc1ccc(N2CCCNCC2)cc1NS(=O)(=O)c1ccccc1. The van der Waals surface area contributed by atoms with E-state index in [1.807, 2.05) is 18.2 Å². The van der Waals surface area contributed by atoms with Crippen molar-refractivity contribution in [2.75, 3.05) is 40.5 Å². The van der Waals surface area contributed by atoms with Crippen LogP contribution >= 0.6 is 12.4 Å². The van der Waals surface area contributed by atoms with E-state index >= 15 is 0 Å². The number of benzene rings is 3. The van der Waals surface area contributed by atoms with E-state index in [1.54, 1.807) is 48.5 Å². The second-order valence-corrected chi connectivity index (χ2v) is 11.3. The minimum atomic E-state index is -3.94. The fraction of sp³-hybridized carbons (Fsp3) is 0.200. The van der Waals surface area contributed by atoms with Gasteiger partial charge in [0.05, 0.1) is 21.7 Å². The van der Waals surface area contributed by atoms with Crippen LogP contribution in [0.4, 0.5) is 17.1 Å². The highest BCUT2D eigenvalue weighted by Gasteiger charge is 2.20. The van der Waals surface area contributed by atoms with E-state index in [2.05, 4.69) is 19.7 Å². The van der Waals surface area contributed by atoms with Gasteiger partial charge >= 0.3 is 0 Å². The number of hydrogen-bond acceptors (Lipinski definition) is 6. The topological polar surface area (TPSA) is 108 Å². The Labute approximate surface area is 218 Å². The molecule has 0 aliphatic carbocycles. The zero-order chi connectivity index (χ0) is 24.7. The average Bonchev–Trinajstić information content (AvgIpc) is 3.15. The second-order valence-electron chi connectivity index (χ2n) is 8.10. The maximum absolute atomic E-state index is 13.0. The van der Waals surface area contributed by atoms with E-state index < -0.39 is 20.0 Å². The molecule has 4 rings (SSSR count). The molecule has 0 spiro atoms. The fourth-order valence-corrected chi connectivity index (χ4v) is 5.71. The number of halogens is 1. The first kappa shape index (κ1) is 27.5. The molecular formula is C25H29ClN4O4S2. The Morgan fingerprint density at radius 3 is 2.19 bits per heavy atom. The number of hydrogen-bond donors (Lipinski definition) is 3. The summed E-state index contributed by atoms with van der Waals surface area (Å²) in [7, 11) is -7.84. The van der Waals surface area contributed by atoms with Gasteiger partial charge in [0.15, 0.2) is 0 Å². The molecule has 0 saturated carbocycles. The smallest absolute Gasteiger partial charge is 0.261 e. The van der Waals surface area contributed by atoms with Gasteiger partial charge in [0.2, 0.25) is 0 Å². The maximum atomic E-state index is 13.0. The molecule has 36 heavy (non-hydrogen) atoms. The molecule has 3 aromatic carbocycles. The van der Waals surface area contributed by atoms with Gasteiger partial charge in [-0.25, -0.2) is 16.8 Å². The van der Waals surface area contributed by atoms with Crippen LogP contribution in [0.5, 0.6) is 0 Å². The molecule has 0 amide bonds. The van der Waals surface area contributed by atoms with Crippen molar-refractivity contribution in [3.63, 3.8) is 0 Å². The molecule has 1 aliphatic heterocycles. The Morgan fingerprint density at radius 1 is 0.778 bits per heavy atom. The molecule has 3 aromatic rings. The van der Waals surface area contributed by atoms with Crippen LogP contribution in [0, 0.1) is 0 Å². The van der Waals surface area contributed by atoms with Crippen molar-refractivity contribution in [2.24, 2.45) is 0 Å². The molecule has 11 heteroatoms. The number of rotatable bonds is 8. The van der Waals surface area contributed by atoms with Gasteiger partial charge in [-0.2, -0.15) is 0 Å². The molecule has 192 valence electrons. The van der Waals surface area contributed by atoms with Crippen LogP contribution in [0.25, 0.3) is 6.08 Å². The van der Waals surface area contributed by atoms with Gasteiger partial charge in [-0.15, -0.1) is 12.4 Å². The predicted octanol–water partition coefficient (Wildman–Crippen LogP) is 4.12. The third-order valence-electron chi connectivity index (χ3n) is 5.50. The summed E-state index contributed by atoms with van der Waals surface area (Å²) in [6.07, 6.45) is 2.43. The molecule has 1 fully saturated rings. The summed E-state index contributed by atoms with van der Waals surface area (Å²) >= 11 is 0. The highest BCUT2D eigenvalue weighted by Crippen LogP contribution is 2.31. The van der Waals surface area contributed by atoms with Crippen molar-refractivity contribution >= 4 is 55.6 Å². The lowest BCUT2D eigenvalue weighted by Crippen LogP contribution is -2.28. The van der Waals surface area contributed by atoms with Gasteiger partial charge in [-0.1, -0.05) is 48.5 Å². The summed E-state index contributed by atoms with van der Waals surface area (Å²) in [4.78, 5) is 2.23. The van der Waals surface area contributed by atoms with Gasteiger partial charge < -0.3 is 10.2 Å². The summed E-state index contributed by atoms with van der Waals surface area (Å²) in [5.41, 5.74) is 1.83. The van der Waals surface area contributed by atoms with Gasteiger partial charge in [-0.05, 0) is 54.9 Å². The lowest BCUT2D eigenvalue weighted by Gasteiger charge is -2.24. The quantitative estimate of drug-likeness (QED) is 0.391. The molecule has 1 saturated heterocycles. The lowest BCUT2D eigenvalue weighted by atomic mass is 10.2. The van der Waals surface area contributed by atoms with Crippen LogP contribution in [0.1, 0.15) is 12.0 Å². The van der Waals surface area contributed by atoms with Gasteiger partial charge in [0.1, 0.15) is 0 Å². The Hall–Kier alpha value is -3.05. The first-order chi connectivity index (χ1) is 16.8. The molecule has 0 unspecified atom stereocenters. The minimum Gasteiger partial charge on any atom is -0.370 e. The van der Waals surface area contributed by atoms with Crippen molar-refractivity contribution in [3.05, 3.63) is 89.8 Å². The Bertz CT molecular complexity index is 1380. The van der Waals surface area contributed by atoms with Crippen molar-refractivity contribution < 1.29 is 16.8 Å². The van der Waals surface area contributed by atoms with Crippen LogP contribution in [-0.2, 0) is 20.0 Å². The first-order valence-electron chi connectivity index (χ1n) is 11.3. The van der Waals surface area contributed by atoms with E-state index in [0.717, 1.165) is 49.3 Å². The highest BCUT2D eigenvalue weighted by molar-refractivity contribution is 7.95. The molecule has 0 aromatic heterocycles. The standard InChI is InChI=1S/C25H28N4O4S2.ClH/c30-34(31,19-14-21-8-3-1-4-9-21)27-24-13-12-22(29-17-7-15-26-16-18-29)20-25(24)28-35(32,33)23-10-5-2-6-11-23;/h1-6,8-14,19-20,26-28H,7,15-18H2;1H/b19-14+;. The zero-order valence-electron chi connectivity index (χ0n) is 19.5. The monoisotopic (exact) mass is 548 g/mol. The number of sulfonamides is 2. The lowest BCUT2D eigenvalue weighted by molar-refractivity contribution is 0.600. The van der Waals surface area contributed by atoms with Crippen LogP contribution in [-0.4, -0.2) is 43.0 Å². The summed E-state index contributed by atoms with van der Waals surface area (Å²) < 4.78 is 56.8. The molecule has 3 N–H and O–H groups in total. The Kier molecular flexibility index (Phi) is 9.38. The van der Waals surface area contributed by atoms with Crippen LogP contribution in [0.15, 0.2) is 89.2 Å².